The van der Waals surface area contributed by atoms with Crippen molar-refractivity contribution in [1.82, 2.24) is 20.2 Å². The van der Waals surface area contributed by atoms with Gasteiger partial charge in [0.2, 0.25) is 11.8 Å². The number of hydrogen-bond acceptors (Lipinski definition) is 6. The van der Waals surface area contributed by atoms with Crippen LogP contribution in [-0.4, -0.2) is 33.1 Å². The van der Waals surface area contributed by atoms with Crippen LogP contribution in [0.2, 0.25) is 0 Å². The van der Waals surface area contributed by atoms with E-state index in [2.05, 4.69) is 10.6 Å². The Morgan fingerprint density at radius 3 is 2.59 bits per heavy atom. The molecular weight excluding hydrogens is 434 g/mol. The van der Waals surface area contributed by atoms with E-state index in [1.54, 1.807) is 30.0 Å². The van der Waals surface area contributed by atoms with Crippen molar-refractivity contribution < 1.29 is 14.3 Å². The smallest absolute Gasteiger partial charge is 0.262 e. The first-order valence-corrected chi connectivity index (χ1v) is 11.4. The van der Waals surface area contributed by atoms with Gasteiger partial charge in [-0.15, -0.1) is 0 Å². The van der Waals surface area contributed by atoms with Gasteiger partial charge in [-0.1, -0.05) is 30.3 Å². The van der Waals surface area contributed by atoms with Gasteiger partial charge in [-0.3, -0.25) is 29.2 Å². The molecule has 9 heteroatoms. The molecule has 172 valence electrons. The molecule has 34 heavy (non-hydrogen) atoms. The predicted octanol–water partition coefficient (Wildman–Crippen LogP) is 1.61. The van der Waals surface area contributed by atoms with Crippen molar-refractivity contribution >= 4 is 28.4 Å². The number of nitrogens with one attached hydrogen (secondary N) is 2. The molecule has 5 aliphatic rings. The zero-order valence-corrected chi connectivity index (χ0v) is 19.0. The highest BCUT2D eigenvalue weighted by Gasteiger charge is 2.67. The van der Waals surface area contributed by atoms with Crippen LogP contribution in [0.3, 0.4) is 0 Å². The monoisotopic (exact) mass is 457 g/mol. The summed E-state index contributed by atoms with van der Waals surface area (Å²) >= 11 is 0. The molecule has 2 aromatic carbocycles. The van der Waals surface area contributed by atoms with Crippen LogP contribution in [0.15, 0.2) is 53.3 Å². The maximum Gasteiger partial charge on any atom is 0.262 e. The van der Waals surface area contributed by atoms with Gasteiger partial charge in [0, 0.05) is 12.0 Å². The molecule has 0 saturated carbocycles. The lowest BCUT2D eigenvalue weighted by Gasteiger charge is -2.40. The van der Waals surface area contributed by atoms with Gasteiger partial charge in [-0.2, -0.15) is 0 Å². The first kappa shape index (κ1) is 19.9. The number of carbonyl (C=O) groups is 2. The summed E-state index contributed by atoms with van der Waals surface area (Å²) in [6.45, 7) is 5.41. The maximum absolute atomic E-state index is 13.6. The van der Waals surface area contributed by atoms with Crippen molar-refractivity contribution in [2.45, 2.75) is 56.3 Å². The number of nitrogens with zero attached hydrogens (tertiary/aromatic N) is 3. The zero-order chi connectivity index (χ0) is 23.6. The number of carbonyl (C=O) groups excluding carboxylic acids is 2. The zero-order valence-electron chi connectivity index (χ0n) is 19.0. The van der Waals surface area contributed by atoms with Crippen LogP contribution in [0.4, 0.5) is 5.69 Å². The lowest BCUT2D eigenvalue weighted by molar-refractivity contribution is -0.181. The fourth-order valence-electron chi connectivity index (χ4n) is 6.19. The Balaban J connectivity index is 1.52. The Morgan fingerprint density at radius 2 is 1.76 bits per heavy atom. The Morgan fingerprint density at radius 1 is 1.03 bits per heavy atom. The third-order valence-electron chi connectivity index (χ3n) is 7.66. The van der Waals surface area contributed by atoms with Crippen LogP contribution in [0.5, 0.6) is 0 Å². The number of anilines is 1. The molecule has 2 bridgehead atoms. The molecule has 3 aromatic rings. The molecule has 2 N–H and O–H groups in total. The lowest BCUT2D eigenvalue weighted by atomic mass is 9.85. The molecule has 9 nitrogen and oxygen atoms in total. The summed E-state index contributed by atoms with van der Waals surface area (Å²) in [5.41, 5.74) is -1.43. The van der Waals surface area contributed by atoms with Gasteiger partial charge < -0.3 is 10.1 Å². The quantitative estimate of drug-likeness (QED) is 0.532. The van der Waals surface area contributed by atoms with Crippen molar-refractivity contribution in [2.75, 3.05) is 4.90 Å². The van der Waals surface area contributed by atoms with E-state index in [0.29, 0.717) is 16.7 Å². The molecule has 2 fully saturated rings. The summed E-state index contributed by atoms with van der Waals surface area (Å²) in [7, 11) is 0. The molecular formula is C25H23N5O4. The second-order valence-corrected chi connectivity index (χ2v) is 10.2. The molecule has 1 spiro atoms. The third kappa shape index (κ3) is 2.17. The minimum absolute atomic E-state index is 0.0648. The van der Waals surface area contributed by atoms with E-state index in [0.717, 1.165) is 11.3 Å². The van der Waals surface area contributed by atoms with Gasteiger partial charge in [-0.05, 0) is 39.0 Å². The van der Waals surface area contributed by atoms with Gasteiger partial charge in [-0.25, -0.2) is 4.98 Å². The molecule has 8 rings (SSSR count). The number of hydrogen-bond donors (Lipinski definition) is 2. The normalized spacial score (nSPS) is 32.5. The SMILES string of the molecule is CC1(C)N[C@@H]2N(C1=O)c1ccccc1[C@@]21C[C@@H]2C(=O)N[C@@](C)(O1)c1nc3ccccc3c(=O)n12. The van der Waals surface area contributed by atoms with Crippen LogP contribution in [0, 0.1) is 0 Å². The Labute approximate surface area is 194 Å². The van der Waals surface area contributed by atoms with Crippen LogP contribution in [0.25, 0.3) is 10.9 Å². The van der Waals surface area contributed by atoms with Gasteiger partial charge in [0.1, 0.15) is 17.8 Å². The average Bonchev–Trinajstić information content (AvgIpc) is 3.08. The molecule has 0 radical (unpaired) electrons. The largest absolute Gasteiger partial charge is 0.334 e. The summed E-state index contributed by atoms with van der Waals surface area (Å²) in [6, 6.07) is 13.9. The van der Waals surface area contributed by atoms with E-state index in [1.165, 1.54) is 4.57 Å². The van der Waals surface area contributed by atoms with Crippen LogP contribution < -0.4 is 21.1 Å². The highest BCUT2D eigenvalue weighted by molar-refractivity contribution is 6.05. The minimum Gasteiger partial charge on any atom is -0.334 e. The third-order valence-corrected chi connectivity index (χ3v) is 7.66. The highest BCUT2D eigenvalue weighted by Crippen LogP contribution is 2.57. The summed E-state index contributed by atoms with van der Waals surface area (Å²) in [6.07, 6.45) is -0.364. The summed E-state index contributed by atoms with van der Waals surface area (Å²) in [5, 5.41) is 6.89. The van der Waals surface area contributed by atoms with E-state index in [1.807, 2.05) is 44.2 Å². The number of amides is 2. The number of aromatic nitrogens is 2. The molecule has 4 atom stereocenters. The Kier molecular flexibility index (Phi) is 3.46. The first-order valence-electron chi connectivity index (χ1n) is 11.4. The van der Waals surface area contributed by atoms with Gasteiger partial charge in [0.25, 0.3) is 5.56 Å². The number of fused-ring (bicyclic) bond motifs is 5. The van der Waals surface area contributed by atoms with Crippen LogP contribution >= 0.6 is 0 Å². The van der Waals surface area contributed by atoms with Gasteiger partial charge >= 0.3 is 0 Å². The fraction of sp³-hybridized carbons (Fsp3) is 0.360. The van der Waals surface area contributed by atoms with Crippen molar-refractivity contribution in [3.8, 4) is 0 Å². The molecule has 6 heterocycles. The predicted molar refractivity (Wildman–Crippen MR) is 123 cm³/mol. The summed E-state index contributed by atoms with van der Waals surface area (Å²) < 4.78 is 8.40. The summed E-state index contributed by atoms with van der Waals surface area (Å²) in [5.74, 6) is -0.00670. The molecule has 1 aromatic heterocycles. The maximum atomic E-state index is 13.6. The minimum atomic E-state index is -1.38. The molecule has 2 saturated heterocycles. The second kappa shape index (κ2) is 5.92. The molecule has 0 unspecified atom stereocenters. The topological polar surface area (TPSA) is 106 Å². The van der Waals surface area contributed by atoms with Crippen molar-refractivity contribution in [3.05, 3.63) is 70.3 Å². The Hall–Kier alpha value is -3.56. The standard InChI is InChI=1S/C25H23N5O4/c1-23(2)22(33)30-16-11-7-5-9-14(16)25(21(30)28-23)12-17-18(31)27-24(3,34-25)20-26-15-10-6-4-8-13(15)19(32)29(17)20/h4-11,17,21,28H,12H2,1-3H3,(H,27,31)/t17-,21-,24+,25+/m1/s1. The molecule has 0 aliphatic carbocycles. The van der Waals surface area contributed by atoms with Crippen LogP contribution in [-0.2, 0) is 25.7 Å². The van der Waals surface area contributed by atoms with Gasteiger partial charge in [0.15, 0.2) is 11.5 Å². The van der Waals surface area contributed by atoms with E-state index in [-0.39, 0.29) is 23.8 Å². The number of rotatable bonds is 0. The van der Waals surface area contributed by atoms with E-state index >= 15 is 0 Å². The van der Waals surface area contributed by atoms with Crippen LogP contribution in [0.1, 0.15) is 44.6 Å². The number of ether oxygens (including phenoxy) is 1. The van der Waals surface area contributed by atoms with Gasteiger partial charge in [0.05, 0.1) is 22.1 Å². The lowest BCUT2D eigenvalue weighted by Crippen LogP contribution is -2.57. The van der Waals surface area contributed by atoms with E-state index in [4.69, 9.17) is 9.72 Å². The van der Waals surface area contributed by atoms with E-state index < -0.39 is 29.1 Å². The molecule has 5 aliphatic heterocycles. The molecule has 2 amide bonds. The highest BCUT2D eigenvalue weighted by atomic mass is 16.5. The number of benzene rings is 2. The van der Waals surface area contributed by atoms with Crippen molar-refractivity contribution in [3.63, 3.8) is 0 Å². The van der Waals surface area contributed by atoms with Crippen molar-refractivity contribution in [1.29, 1.82) is 0 Å². The summed E-state index contributed by atoms with van der Waals surface area (Å²) in [4.78, 5) is 47.0. The Bertz CT molecular complexity index is 1510. The number of para-hydroxylation sites is 2. The fourth-order valence-corrected chi connectivity index (χ4v) is 6.19. The average molecular weight is 457 g/mol. The first-order chi connectivity index (χ1) is 16.2. The second-order valence-electron chi connectivity index (χ2n) is 10.2. The van der Waals surface area contributed by atoms with Crippen molar-refractivity contribution in [2.24, 2.45) is 0 Å². The van der Waals surface area contributed by atoms with E-state index in [9.17, 15) is 14.4 Å².